The zero-order chi connectivity index (χ0) is 12.6. The van der Waals surface area contributed by atoms with E-state index in [0.29, 0.717) is 5.39 Å². The van der Waals surface area contributed by atoms with Crippen molar-refractivity contribution in [3.63, 3.8) is 0 Å². The van der Waals surface area contributed by atoms with Crippen molar-refractivity contribution in [1.29, 1.82) is 0 Å². The zero-order valence-corrected chi connectivity index (χ0v) is 9.31. The number of para-hydroxylation sites is 1. The van der Waals surface area contributed by atoms with Crippen LogP contribution in [0, 0.1) is 0 Å². The molecule has 0 saturated carbocycles. The lowest BCUT2D eigenvalue weighted by Crippen LogP contribution is -2.14. The summed E-state index contributed by atoms with van der Waals surface area (Å²) >= 11 is 0. The summed E-state index contributed by atoms with van der Waals surface area (Å²) in [6, 6.07) is 7.36. The topological polar surface area (TPSA) is 70.4 Å². The number of halogens is 2. The first-order chi connectivity index (χ1) is 7.89. The second kappa shape index (κ2) is 4.14. The first-order valence-electron chi connectivity index (χ1n) is 4.63. The maximum atomic E-state index is 12.7. The summed E-state index contributed by atoms with van der Waals surface area (Å²) < 4.78 is 36.5. The van der Waals surface area contributed by atoms with E-state index in [1.807, 2.05) is 0 Å². The minimum Gasteiger partial charge on any atom is -0.321 e. The van der Waals surface area contributed by atoms with Gasteiger partial charge in [-0.05, 0) is 12.1 Å². The number of rotatable bonds is 2. The van der Waals surface area contributed by atoms with Gasteiger partial charge in [-0.1, -0.05) is 18.2 Å². The Kier molecular flexibility index (Phi) is 2.95. The third-order valence-corrected chi connectivity index (χ3v) is 3.24. The molecular formula is C10H8F2NO3P. The molecule has 1 heterocycles. The summed E-state index contributed by atoms with van der Waals surface area (Å²) in [4.78, 5) is 21.6. The van der Waals surface area contributed by atoms with Gasteiger partial charge in [-0.25, -0.2) is 13.8 Å². The van der Waals surface area contributed by atoms with Gasteiger partial charge in [0.2, 0.25) is 0 Å². The highest BCUT2D eigenvalue weighted by Crippen LogP contribution is 2.37. The van der Waals surface area contributed by atoms with Crippen LogP contribution in [0.1, 0.15) is 12.1 Å². The summed E-state index contributed by atoms with van der Waals surface area (Å²) in [6.07, 6.45) is -3.03. The van der Waals surface area contributed by atoms with Crippen molar-refractivity contribution in [2.24, 2.45) is 0 Å². The fourth-order valence-corrected chi connectivity index (χ4v) is 2.27. The van der Waals surface area contributed by atoms with Crippen molar-refractivity contribution < 1.29 is 23.1 Å². The molecule has 0 fully saturated rings. The molecule has 0 unspecified atom stereocenters. The third-order valence-electron chi connectivity index (χ3n) is 2.25. The molecule has 0 aliphatic carbocycles. The Morgan fingerprint density at radius 2 is 1.88 bits per heavy atom. The number of hydrogen-bond donors (Lipinski definition) is 2. The molecule has 0 radical (unpaired) electrons. The van der Waals surface area contributed by atoms with E-state index in [0.717, 1.165) is 6.07 Å². The van der Waals surface area contributed by atoms with Gasteiger partial charge in [0.1, 0.15) is 5.69 Å². The quantitative estimate of drug-likeness (QED) is 0.809. The smallest absolute Gasteiger partial charge is 0.321 e. The first-order valence-corrected chi connectivity index (χ1v) is 6.25. The second-order valence-corrected chi connectivity index (χ2v) is 5.00. The molecule has 0 atom stereocenters. The summed E-state index contributed by atoms with van der Waals surface area (Å²) in [5.41, 5.74) is -0.586. The highest BCUT2D eigenvalue weighted by Gasteiger charge is 2.27. The molecule has 0 bridgehead atoms. The number of alkyl halides is 2. The number of nitrogens with zero attached hydrogens (tertiary/aromatic N) is 1. The molecule has 0 spiro atoms. The van der Waals surface area contributed by atoms with Gasteiger partial charge >= 0.3 is 7.60 Å². The van der Waals surface area contributed by atoms with Gasteiger partial charge in [0, 0.05) is 5.39 Å². The molecule has 0 aliphatic heterocycles. The number of benzene rings is 1. The molecule has 4 nitrogen and oxygen atoms in total. The Balaban J connectivity index is 2.80. The lowest BCUT2D eigenvalue weighted by molar-refractivity contribution is 0.147. The average Bonchev–Trinajstić information content (AvgIpc) is 2.26. The van der Waals surface area contributed by atoms with E-state index in [4.69, 9.17) is 9.79 Å². The van der Waals surface area contributed by atoms with Crippen molar-refractivity contribution in [2.75, 3.05) is 0 Å². The molecule has 90 valence electrons. The summed E-state index contributed by atoms with van der Waals surface area (Å²) in [7, 11) is -4.76. The monoisotopic (exact) mass is 259 g/mol. The van der Waals surface area contributed by atoms with Gasteiger partial charge < -0.3 is 9.79 Å². The van der Waals surface area contributed by atoms with E-state index >= 15 is 0 Å². The fraction of sp³-hybridized carbons (Fsp3) is 0.100. The Hall–Kier alpha value is -1.36. The molecule has 17 heavy (non-hydrogen) atoms. The van der Waals surface area contributed by atoms with Gasteiger partial charge in [0.15, 0.2) is 0 Å². The molecule has 1 aromatic heterocycles. The van der Waals surface area contributed by atoms with E-state index in [-0.39, 0.29) is 5.52 Å². The predicted molar refractivity (Wildman–Crippen MR) is 58.4 cm³/mol. The second-order valence-electron chi connectivity index (χ2n) is 3.43. The highest BCUT2D eigenvalue weighted by molar-refractivity contribution is 7.60. The van der Waals surface area contributed by atoms with Crippen LogP contribution >= 0.6 is 7.60 Å². The maximum Gasteiger partial charge on any atom is 0.358 e. The maximum absolute atomic E-state index is 12.7. The zero-order valence-electron chi connectivity index (χ0n) is 8.42. The van der Waals surface area contributed by atoms with E-state index in [9.17, 15) is 13.3 Å². The minimum absolute atomic E-state index is 0.278. The fourth-order valence-electron chi connectivity index (χ4n) is 1.51. The number of fused-ring (bicyclic) bond motifs is 1. The van der Waals surface area contributed by atoms with Gasteiger partial charge in [0.05, 0.1) is 10.8 Å². The number of hydrogen-bond acceptors (Lipinski definition) is 2. The Labute approximate surface area is 95.1 Å². The number of pyridine rings is 1. The van der Waals surface area contributed by atoms with Gasteiger partial charge in [0.25, 0.3) is 6.43 Å². The SMILES string of the molecule is O=P(O)(O)c1cc2ccccc2nc1C(F)F. The normalized spacial score (nSPS) is 12.3. The van der Waals surface area contributed by atoms with Crippen LogP contribution in [0.15, 0.2) is 30.3 Å². The third kappa shape index (κ3) is 2.34. The lowest BCUT2D eigenvalue weighted by Gasteiger charge is -2.10. The molecule has 7 heteroatoms. The Morgan fingerprint density at radius 3 is 2.47 bits per heavy atom. The van der Waals surface area contributed by atoms with Gasteiger partial charge in [-0.2, -0.15) is 0 Å². The van der Waals surface area contributed by atoms with Crippen LogP contribution in [-0.4, -0.2) is 14.8 Å². The van der Waals surface area contributed by atoms with Crippen molar-refractivity contribution in [1.82, 2.24) is 4.98 Å². The first kappa shape index (κ1) is 12.1. The van der Waals surface area contributed by atoms with Gasteiger partial charge in [-0.15, -0.1) is 0 Å². The molecule has 0 amide bonds. The van der Waals surface area contributed by atoms with Crippen LogP contribution in [0.4, 0.5) is 8.78 Å². The van der Waals surface area contributed by atoms with E-state index in [1.165, 1.54) is 6.07 Å². The molecule has 0 saturated heterocycles. The van der Waals surface area contributed by atoms with E-state index in [2.05, 4.69) is 4.98 Å². The summed E-state index contributed by atoms with van der Waals surface area (Å²) in [5.74, 6) is 0. The predicted octanol–water partition coefficient (Wildman–Crippen LogP) is 1.98. The van der Waals surface area contributed by atoms with Crippen LogP contribution < -0.4 is 5.30 Å². The van der Waals surface area contributed by atoms with E-state index in [1.54, 1.807) is 18.2 Å². The Bertz CT molecular complexity index is 612. The van der Waals surface area contributed by atoms with Crippen molar-refractivity contribution in [3.05, 3.63) is 36.0 Å². The molecule has 0 aliphatic rings. The van der Waals surface area contributed by atoms with Crippen LogP contribution in [0.3, 0.4) is 0 Å². The van der Waals surface area contributed by atoms with Crippen molar-refractivity contribution in [2.45, 2.75) is 6.43 Å². The largest absolute Gasteiger partial charge is 0.358 e. The van der Waals surface area contributed by atoms with Gasteiger partial charge in [-0.3, -0.25) is 4.57 Å². The Morgan fingerprint density at radius 1 is 1.24 bits per heavy atom. The van der Waals surface area contributed by atoms with E-state index < -0.39 is 25.0 Å². The van der Waals surface area contributed by atoms with Crippen molar-refractivity contribution in [3.8, 4) is 0 Å². The lowest BCUT2D eigenvalue weighted by atomic mass is 10.2. The standard InChI is InChI=1S/C10H8F2NO3P/c11-10(12)9-8(17(14,15)16)5-6-3-1-2-4-7(6)13-9/h1-5,10H,(H2,14,15,16). The molecule has 2 N–H and O–H groups in total. The van der Waals surface area contributed by atoms with Crippen LogP contribution in [-0.2, 0) is 4.57 Å². The summed E-state index contributed by atoms with van der Waals surface area (Å²) in [6.45, 7) is 0. The minimum atomic E-state index is -4.76. The number of aromatic nitrogens is 1. The van der Waals surface area contributed by atoms with Crippen LogP contribution in [0.2, 0.25) is 0 Å². The highest BCUT2D eigenvalue weighted by atomic mass is 31.2. The molecular weight excluding hydrogens is 251 g/mol. The molecule has 2 aromatic rings. The summed E-state index contributed by atoms with van der Waals surface area (Å²) in [5, 5.41) is -0.304. The van der Waals surface area contributed by atoms with Crippen LogP contribution in [0.25, 0.3) is 10.9 Å². The van der Waals surface area contributed by atoms with Crippen molar-refractivity contribution >= 4 is 23.8 Å². The molecule has 2 rings (SSSR count). The average molecular weight is 259 g/mol. The van der Waals surface area contributed by atoms with Crippen LogP contribution in [0.5, 0.6) is 0 Å². The molecule has 1 aromatic carbocycles.